The molecule has 0 bridgehead atoms. The maximum absolute atomic E-state index is 5.39. The van der Waals surface area contributed by atoms with Gasteiger partial charge < -0.3 is 4.90 Å². The van der Waals surface area contributed by atoms with E-state index in [9.17, 15) is 0 Å². The van der Waals surface area contributed by atoms with E-state index in [4.69, 9.17) is 12.2 Å². The minimum absolute atomic E-state index is 0.0946. The highest BCUT2D eigenvalue weighted by molar-refractivity contribution is 7.80. The third-order valence-corrected chi connectivity index (χ3v) is 2.84. The average molecular weight is 187 g/mol. The van der Waals surface area contributed by atoms with Gasteiger partial charge in [0.2, 0.25) is 0 Å². The van der Waals surface area contributed by atoms with Crippen LogP contribution in [0, 0.1) is 5.41 Å². The van der Waals surface area contributed by atoms with Crippen molar-refractivity contribution in [3.63, 3.8) is 0 Å². The van der Waals surface area contributed by atoms with Crippen LogP contribution in [0.1, 0.15) is 41.5 Å². The van der Waals surface area contributed by atoms with E-state index in [1.807, 2.05) is 0 Å². The maximum atomic E-state index is 5.39. The van der Waals surface area contributed by atoms with Gasteiger partial charge in [0.05, 0.1) is 4.99 Å². The Kier molecular flexibility index (Phi) is 3.30. The van der Waals surface area contributed by atoms with Crippen LogP contribution in [0.3, 0.4) is 0 Å². The summed E-state index contributed by atoms with van der Waals surface area (Å²) in [7, 11) is 2.06. The zero-order valence-electron chi connectivity index (χ0n) is 9.36. The van der Waals surface area contributed by atoms with Gasteiger partial charge in [-0.3, -0.25) is 0 Å². The van der Waals surface area contributed by atoms with Crippen LogP contribution in [0.15, 0.2) is 0 Å². The van der Waals surface area contributed by atoms with Crippen molar-refractivity contribution in [2.24, 2.45) is 5.41 Å². The molecule has 1 nitrogen and oxygen atoms in total. The monoisotopic (exact) mass is 187 g/mol. The second kappa shape index (κ2) is 3.33. The van der Waals surface area contributed by atoms with Crippen molar-refractivity contribution in [3.8, 4) is 0 Å². The first-order valence-electron chi connectivity index (χ1n) is 4.35. The van der Waals surface area contributed by atoms with Crippen molar-refractivity contribution in [1.82, 2.24) is 4.90 Å². The van der Waals surface area contributed by atoms with Gasteiger partial charge in [-0.25, -0.2) is 0 Å². The van der Waals surface area contributed by atoms with E-state index in [0.717, 1.165) is 4.99 Å². The molecular formula is C10H21NS. The standard InChI is InChI=1S/C10H21NS/c1-9(2,3)8(12)11(7)10(4,5)6/h1-7H3. The first-order chi connectivity index (χ1) is 5.07. The smallest absolute Gasteiger partial charge is 0.0835 e. The first kappa shape index (κ1) is 11.9. The van der Waals surface area contributed by atoms with E-state index in [1.54, 1.807) is 0 Å². The molecule has 0 saturated carbocycles. The third kappa shape index (κ3) is 3.10. The van der Waals surface area contributed by atoms with Gasteiger partial charge in [0.25, 0.3) is 0 Å². The topological polar surface area (TPSA) is 3.24 Å². The minimum atomic E-state index is 0.0946. The average Bonchev–Trinajstić information content (AvgIpc) is 1.80. The molecule has 0 rings (SSSR count). The molecule has 0 heterocycles. The van der Waals surface area contributed by atoms with E-state index >= 15 is 0 Å². The first-order valence-corrected chi connectivity index (χ1v) is 4.76. The lowest BCUT2D eigenvalue weighted by Gasteiger charge is -2.39. The maximum Gasteiger partial charge on any atom is 0.0835 e. The van der Waals surface area contributed by atoms with Crippen molar-refractivity contribution in [2.75, 3.05) is 7.05 Å². The Balaban J connectivity index is 4.53. The fourth-order valence-electron chi connectivity index (χ4n) is 0.808. The highest BCUT2D eigenvalue weighted by Gasteiger charge is 2.27. The highest BCUT2D eigenvalue weighted by atomic mass is 32.1. The molecular weight excluding hydrogens is 166 g/mol. The Hall–Kier alpha value is -0.110. The van der Waals surface area contributed by atoms with Gasteiger partial charge in [-0.2, -0.15) is 0 Å². The summed E-state index contributed by atoms with van der Waals surface area (Å²) in [5.41, 5.74) is 0.224. The van der Waals surface area contributed by atoms with Crippen LogP contribution in [0.4, 0.5) is 0 Å². The lowest BCUT2D eigenvalue weighted by Crippen LogP contribution is -2.46. The zero-order chi connectivity index (χ0) is 10.2. The summed E-state index contributed by atoms with van der Waals surface area (Å²) in [6, 6.07) is 0. The molecule has 0 saturated heterocycles. The molecule has 0 aliphatic carbocycles. The van der Waals surface area contributed by atoms with Crippen LogP contribution in [0.2, 0.25) is 0 Å². The molecule has 0 aromatic rings. The summed E-state index contributed by atoms with van der Waals surface area (Å²) >= 11 is 5.39. The zero-order valence-corrected chi connectivity index (χ0v) is 10.2. The van der Waals surface area contributed by atoms with E-state index < -0.39 is 0 Å². The summed E-state index contributed by atoms with van der Waals surface area (Å²) in [5, 5.41) is 0. The van der Waals surface area contributed by atoms with Gasteiger partial charge in [0.1, 0.15) is 0 Å². The van der Waals surface area contributed by atoms with Gasteiger partial charge in [-0.15, -0.1) is 0 Å². The largest absolute Gasteiger partial charge is 0.364 e. The normalized spacial score (nSPS) is 12.9. The summed E-state index contributed by atoms with van der Waals surface area (Å²) in [4.78, 5) is 3.19. The molecule has 12 heavy (non-hydrogen) atoms. The molecule has 0 radical (unpaired) electrons. The van der Waals surface area contributed by atoms with Crippen LogP contribution >= 0.6 is 12.2 Å². The number of hydrogen-bond acceptors (Lipinski definition) is 1. The molecule has 0 aromatic heterocycles. The van der Waals surface area contributed by atoms with E-state index in [0.29, 0.717) is 0 Å². The van der Waals surface area contributed by atoms with Crippen molar-refractivity contribution in [1.29, 1.82) is 0 Å². The second-order valence-electron chi connectivity index (χ2n) is 5.28. The number of thiocarbonyl (C=S) groups is 1. The lowest BCUT2D eigenvalue weighted by atomic mass is 9.93. The third-order valence-electron chi connectivity index (χ3n) is 1.95. The van der Waals surface area contributed by atoms with E-state index in [1.165, 1.54) is 0 Å². The Morgan fingerprint density at radius 2 is 1.33 bits per heavy atom. The van der Waals surface area contributed by atoms with Crippen LogP contribution in [-0.4, -0.2) is 22.5 Å². The SMILES string of the molecule is CN(C(=S)C(C)(C)C)C(C)(C)C. The Morgan fingerprint density at radius 1 is 1.00 bits per heavy atom. The molecule has 0 spiro atoms. The fraction of sp³-hybridized carbons (Fsp3) is 0.900. The van der Waals surface area contributed by atoms with Crippen LogP contribution in [-0.2, 0) is 0 Å². The molecule has 0 aromatic carbocycles. The molecule has 0 aliphatic heterocycles. The molecule has 0 fully saturated rings. The van der Waals surface area contributed by atoms with Gasteiger partial charge >= 0.3 is 0 Å². The van der Waals surface area contributed by atoms with Crippen LogP contribution in [0.25, 0.3) is 0 Å². The molecule has 0 atom stereocenters. The Labute approximate surface area is 82.1 Å². The Morgan fingerprint density at radius 3 is 1.42 bits per heavy atom. The van der Waals surface area contributed by atoms with Crippen molar-refractivity contribution in [2.45, 2.75) is 47.1 Å². The number of hydrogen-bond donors (Lipinski definition) is 0. The fourth-order valence-corrected chi connectivity index (χ4v) is 1.08. The predicted molar refractivity (Wildman–Crippen MR) is 59.6 cm³/mol. The minimum Gasteiger partial charge on any atom is -0.364 e. The second-order valence-corrected chi connectivity index (χ2v) is 5.67. The summed E-state index contributed by atoms with van der Waals surface area (Å²) in [5.74, 6) is 0. The molecule has 0 N–H and O–H groups in total. The lowest BCUT2D eigenvalue weighted by molar-refractivity contribution is 0.264. The predicted octanol–water partition coefficient (Wildman–Crippen LogP) is 3.09. The number of nitrogens with zero attached hydrogens (tertiary/aromatic N) is 1. The molecule has 0 aliphatic rings. The molecule has 72 valence electrons. The van der Waals surface area contributed by atoms with Gasteiger partial charge in [-0.1, -0.05) is 33.0 Å². The van der Waals surface area contributed by atoms with E-state index in [2.05, 4.69) is 53.5 Å². The van der Waals surface area contributed by atoms with Crippen molar-refractivity contribution in [3.05, 3.63) is 0 Å². The van der Waals surface area contributed by atoms with Crippen LogP contribution in [0.5, 0.6) is 0 Å². The van der Waals surface area contributed by atoms with Gasteiger partial charge in [0.15, 0.2) is 0 Å². The van der Waals surface area contributed by atoms with Gasteiger partial charge in [0, 0.05) is 18.0 Å². The van der Waals surface area contributed by atoms with Crippen molar-refractivity contribution >= 4 is 17.2 Å². The summed E-state index contributed by atoms with van der Waals surface area (Å²) in [6.45, 7) is 13.0. The number of rotatable bonds is 0. The quantitative estimate of drug-likeness (QED) is 0.536. The summed E-state index contributed by atoms with van der Waals surface area (Å²) in [6.07, 6.45) is 0. The highest BCUT2D eigenvalue weighted by Crippen LogP contribution is 2.23. The molecule has 2 heteroatoms. The van der Waals surface area contributed by atoms with Gasteiger partial charge in [-0.05, 0) is 20.8 Å². The Bertz CT molecular complexity index is 171. The van der Waals surface area contributed by atoms with Crippen molar-refractivity contribution < 1.29 is 0 Å². The van der Waals surface area contributed by atoms with Crippen LogP contribution < -0.4 is 0 Å². The molecule has 0 unspecified atom stereocenters. The molecule has 0 amide bonds. The van der Waals surface area contributed by atoms with E-state index in [-0.39, 0.29) is 11.0 Å². The summed E-state index contributed by atoms with van der Waals surface area (Å²) < 4.78 is 0.